The Bertz CT molecular complexity index is 401. The van der Waals surface area contributed by atoms with Crippen LogP contribution in [-0.4, -0.2) is 19.2 Å². The minimum Gasteiger partial charge on any atom is -0.369 e. The van der Waals surface area contributed by atoms with E-state index in [4.69, 9.17) is 0 Å². The maximum atomic E-state index is 13.5. The van der Waals surface area contributed by atoms with Gasteiger partial charge in [-0.1, -0.05) is 6.07 Å². The highest BCUT2D eigenvalue weighted by Gasteiger charge is 2.01. The summed E-state index contributed by atoms with van der Waals surface area (Å²) in [5.41, 5.74) is 0. The van der Waals surface area contributed by atoms with Crippen LogP contribution >= 0.6 is 11.3 Å². The van der Waals surface area contributed by atoms with Crippen LogP contribution < -0.4 is 10.6 Å². The number of halogens is 1. The Kier molecular flexibility index (Phi) is 5.95. The van der Waals surface area contributed by atoms with E-state index >= 15 is 0 Å². The van der Waals surface area contributed by atoms with Crippen LogP contribution in [0.5, 0.6) is 0 Å². The zero-order chi connectivity index (χ0) is 12.5. The van der Waals surface area contributed by atoms with Gasteiger partial charge in [-0.2, -0.15) is 0 Å². The summed E-state index contributed by atoms with van der Waals surface area (Å²) >= 11 is 1.56. The minimum atomic E-state index is -0.587. The molecule has 0 atom stereocenters. The number of aliphatic imine (C=N–C) groups is 1. The molecule has 0 aliphatic carbocycles. The van der Waals surface area contributed by atoms with Crippen LogP contribution in [-0.2, 0) is 11.3 Å². The summed E-state index contributed by atoms with van der Waals surface area (Å²) in [6.07, 6.45) is 1.53. The van der Waals surface area contributed by atoms with Gasteiger partial charge in [-0.3, -0.25) is 9.79 Å². The Labute approximate surface area is 103 Å². The Balaban J connectivity index is 2.59. The first kappa shape index (κ1) is 13.4. The average molecular weight is 255 g/mol. The molecule has 0 aromatic carbocycles. The van der Waals surface area contributed by atoms with Crippen molar-refractivity contribution in [2.45, 2.75) is 13.5 Å². The summed E-state index contributed by atoms with van der Waals surface area (Å²) in [6.45, 7) is 2.76. The van der Waals surface area contributed by atoms with Crippen molar-refractivity contribution in [2.75, 3.05) is 6.54 Å². The predicted octanol–water partition coefficient (Wildman–Crippen LogP) is 1.81. The van der Waals surface area contributed by atoms with Gasteiger partial charge in [0, 0.05) is 11.4 Å². The normalized spacial score (nSPS) is 12.4. The molecular weight excluding hydrogens is 241 g/mol. The van der Waals surface area contributed by atoms with Crippen LogP contribution in [0, 0.1) is 0 Å². The molecule has 1 rings (SSSR count). The van der Waals surface area contributed by atoms with Crippen molar-refractivity contribution in [3.63, 3.8) is 0 Å². The van der Waals surface area contributed by atoms with Gasteiger partial charge in [-0.15, -0.1) is 11.3 Å². The standard InChI is InChI=1S/C11H14FN3OS/c1-2-14-11(15-8-16)10(12)7-13-6-9-4-3-5-17-9/h3-5,7-8,14H,2,6H2,1H3,(H,15,16)/b11-10+,13-7?. The van der Waals surface area contributed by atoms with Crippen LogP contribution in [0.4, 0.5) is 4.39 Å². The SMILES string of the molecule is CCN/C(NC=O)=C(\F)C=NCc1cccs1. The first-order valence-electron chi connectivity index (χ1n) is 5.14. The van der Waals surface area contributed by atoms with E-state index in [0.29, 0.717) is 19.5 Å². The third-order valence-corrected chi connectivity index (χ3v) is 2.69. The molecule has 1 amide bonds. The molecule has 0 aliphatic heterocycles. The van der Waals surface area contributed by atoms with Crippen molar-refractivity contribution < 1.29 is 9.18 Å². The number of rotatable bonds is 7. The lowest BCUT2D eigenvalue weighted by molar-refractivity contribution is -0.109. The number of nitrogens with zero attached hydrogens (tertiary/aromatic N) is 1. The van der Waals surface area contributed by atoms with Crippen molar-refractivity contribution in [3.05, 3.63) is 34.0 Å². The van der Waals surface area contributed by atoms with Crippen molar-refractivity contribution in [1.82, 2.24) is 10.6 Å². The second-order valence-electron chi connectivity index (χ2n) is 3.06. The highest BCUT2D eigenvalue weighted by atomic mass is 32.1. The Hall–Kier alpha value is -1.69. The van der Waals surface area contributed by atoms with Crippen LogP contribution in [0.25, 0.3) is 0 Å². The van der Waals surface area contributed by atoms with Gasteiger partial charge in [0.1, 0.15) is 5.82 Å². The van der Waals surface area contributed by atoms with Gasteiger partial charge in [0.2, 0.25) is 6.41 Å². The van der Waals surface area contributed by atoms with E-state index in [1.165, 1.54) is 0 Å². The summed E-state index contributed by atoms with van der Waals surface area (Å²) in [5, 5.41) is 6.89. The summed E-state index contributed by atoms with van der Waals surface area (Å²) in [6, 6.07) is 3.85. The molecule has 92 valence electrons. The van der Waals surface area contributed by atoms with E-state index in [9.17, 15) is 9.18 Å². The van der Waals surface area contributed by atoms with Gasteiger partial charge in [0.25, 0.3) is 0 Å². The molecular formula is C11H14FN3OS. The van der Waals surface area contributed by atoms with Gasteiger partial charge in [0.05, 0.1) is 12.8 Å². The largest absolute Gasteiger partial charge is 0.369 e. The van der Waals surface area contributed by atoms with Crippen molar-refractivity contribution >= 4 is 24.0 Å². The summed E-state index contributed by atoms with van der Waals surface area (Å²) < 4.78 is 13.5. The van der Waals surface area contributed by atoms with Gasteiger partial charge in [0.15, 0.2) is 5.83 Å². The second-order valence-corrected chi connectivity index (χ2v) is 4.10. The molecule has 0 unspecified atom stereocenters. The summed E-state index contributed by atoms with van der Waals surface area (Å²) in [5.74, 6) is -0.548. The zero-order valence-corrected chi connectivity index (χ0v) is 10.3. The number of carbonyl (C=O) groups is 1. The van der Waals surface area contributed by atoms with Crippen molar-refractivity contribution in [2.24, 2.45) is 4.99 Å². The van der Waals surface area contributed by atoms with E-state index in [1.54, 1.807) is 11.3 Å². The number of thiophene rings is 1. The van der Waals surface area contributed by atoms with E-state index in [2.05, 4.69) is 15.6 Å². The van der Waals surface area contributed by atoms with Gasteiger partial charge in [-0.25, -0.2) is 4.39 Å². The molecule has 0 saturated carbocycles. The van der Waals surface area contributed by atoms with Crippen LogP contribution in [0.15, 0.2) is 34.2 Å². The van der Waals surface area contributed by atoms with Crippen LogP contribution in [0.1, 0.15) is 11.8 Å². The lowest BCUT2D eigenvalue weighted by atomic mass is 10.4. The Morgan fingerprint density at radius 1 is 1.65 bits per heavy atom. The third-order valence-electron chi connectivity index (χ3n) is 1.83. The monoisotopic (exact) mass is 255 g/mol. The average Bonchev–Trinajstić information content (AvgIpc) is 2.81. The molecule has 6 heteroatoms. The Morgan fingerprint density at radius 2 is 2.47 bits per heavy atom. The van der Waals surface area contributed by atoms with E-state index in [-0.39, 0.29) is 5.82 Å². The summed E-state index contributed by atoms with van der Waals surface area (Å²) in [7, 11) is 0. The number of nitrogens with one attached hydrogen (secondary N) is 2. The molecule has 4 nitrogen and oxygen atoms in total. The fraction of sp³-hybridized carbons (Fsp3) is 0.273. The van der Waals surface area contributed by atoms with Crippen molar-refractivity contribution in [3.8, 4) is 0 Å². The molecule has 1 heterocycles. The number of amides is 1. The molecule has 2 N–H and O–H groups in total. The maximum Gasteiger partial charge on any atom is 0.212 e. The molecule has 17 heavy (non-hydrogen) atoms. The quantitative estimate of drug-likeness (QED) is 0.576. The Morgan fingerprint density at radius 3 is 3.06 bits per heavy atom. The van der Waals surface area contributed by atoms with E-state index < -0.39 is 5.83 Å². The van der Waals surface area contributed by atoms with Crippen LogP contribution in [0.3, 0.4) is 0 Å². The molecule has 0 bridgehead atoms. The predicted molar refractivity (Wildman–Crippen MR) is 67.5 cm³/mol. The second kappa shape index (κ2) is 7.56. The smallest absolute Gasteiger partial charge is 0.212 e. The molecule has 0 saturated heterocycles. The van der Waals surface area contributed by atoms with E-state index in [0.717, 1.165) is 11.1 Å². The van der Waals surface area contributed by atoms with Crippen molar-refractivity contribution in [1.29, 1.82) is 0 Å². The molecule has 0 spiro atoms. The number of hydrogen-bond donors (Lipinski definition) is 2. The van der Waals surface area contributed by atoms with E-state index in [1.807, 2.05) is 24.4 Å². The lowest BCUT2D eigenvalue weighted by Gasteiger charge is -2.06. The van der Waals surface area contributed by atoms with Gasteiger partial charge >= 0.3 is 0 Å². The molecule has 1 aromatic heterocycles. The molecule has 0 radical (unpaired) electrons. The summed E-state index contributed by atoms with van der Waals surface area (Å²) in [4.78, 5) is 15.3. The third kappa shape index (κ3) is 4.78. The van der Waals surface area contributed by atoms with Crippen LogP contribution in [0.2, 0.25) is 0 Å². The first-order valence-corrected chi connectivity index (χ1v) is 6.02. The number of allylic oxidation sites excluding steroid dienone is 1. The van der Waals surface area contributed by atoms with Gasteiger partial charge in [-0.05, 0) is 18.4 Å². The lowest BCUT2D eigenvalue weighted by Crippen LogP contribution is -2.26. The van der Waals surface area contributed by atoms with Gasteiger partial charge < -0.3 is 10.6 Å². The molecule has 0 fully saturated rings. The molecule has 0 aliphatic rings. The number of carbonyl (C=O) groups excluding carboxylic acids is 1. The first-order chi connectivity index (χ1) is 8.27. The highest BCUT2D eigenvalue weighted by molar-refractivity contribution is 7.09. The highest BCUT2D eigenvalue weighted by Crippen LogP contribution is 2.09. The fourth-order valence-corrected chi connectivity index (χ4v) is 1.76. The number of hydrogen-bond acceptors (Lipinski definition) is 4. The maximum absolute atomic E-state index is 13.5. The molecule has 1 aromatic rings. The minimum absolute atomic E-state index is 0.0393. The fourth-order valence-electron chi connectivity index (χ4n) is 1.12. The topological polar surface area (TPSA) is 53.5 Å². The zero-order valence-electron chi connectivity index (χ0n) is 9.44.